The van der Waals surface area contributed by atoms with Gasteiger partial charge in [0.15, 0.2) is 0 Å². The summed E-state index contributed by atoms with van der Waals surface area (Å²) in [6.45, 7) is 7.47. The monoisotopic (exact) mass is 346 g/mol. The molecule has 0 bridgehead atoms. The van der Waals surface area contributed by atoms with Gasteiger partial charge in [0.25, 0.3) is 0 Å². The van der Waals surface area contributed by atoms with E-state index in [9.17, 15) is 0 Å². The van der Waals surface area contributed by atoms with Crippen LogP contribution in [0.3, 0.4) is 0 Å². The maximum absolute atomic E-state index is 4.55. The number of hydrogen-bond donors (Lipinski definition) is 1. The van der Waals surface area contributed by atoms with Gasteiger partial charge in [0, 0.05) is 28.8 Å². The van der Waals surface area contributed by atoms with E-state index in [2.05, 4.69) is 71.3 Å². The van der Waals surface area contributed by atoms with Gasteiger partial charge in [0.2, 0.25) is 0 Å². The normalized spacial score (nSPS) is 12.4. The number of aryl methyl sites for hydroxylation is 2. The van der Waals surface area contributed by atoms with Gasteiger partial charge in [-0.05, 0) is 49.6 Å². The topological polar surface area (TPSA) is 24.9 Å². The lowest BCUT2D eigenvalue weighted by molar-refractivity contribution is 0.521. The molecule has 1 unspecified atom stereocenters. The first-order chi connectivity index (χ1) is 10.1. The smallest absolute Gasteiger partial charge is 0.0451 e. The van der Waals surface area contributed by atoms with Crippen molar-refractivity contribution in [3.05, 3.63) is 63.4 Å². The molecule has 3 heteroatoms. The molecule has 1 heterocycles. The van der Waals surface area contributed by atoms with Crippen molar-refractivity contribution in [2.24, 2.45) is 0 Å². The molecule has 1 N–H and O–H groups in total. The van der Waals surface area contributed by atoms with E-state index in [1.165, 1.54) is 26.9 Å². The van der Waals surface area contributed by atoms with Crippen molar-refractivity contribution < 1.29 is 0 Å². The van der Waals surface area contributed by atoms with Gasteiger partial charge in [-0.2, -0.15) is 0 Å². The molecular formula is C18H23BrN2. The van der Waals surface area contributed by atoms with Gasteiger partial charge in [-0.25, -0.2) is 0 Å². The number of rotatable bonds is 6. The van der Waals surface area contributed by atoms with Crippen molar-refractivity contribution in [2.45, 2.75) is 39.7 Å². The van der Waals surface area contributed by atoms with Crippen LogP contribution in [0.15, 0.2) is 41.0 Å². The maximum Gasteiger partial charge on any atom is 0.0451 e. The average molecular weight is 347 g/mol. The fourth-order valence-electron chi connectivity index (χ4n) is 2.48. The first-order valence-corrected chi connectivity index (χ1v) is 8.31. The van der Waals surface area contributed by atoms with E-state index in [0.717, 1.165) is 19.4 Å². The van der Waals surface area contributed by atoms with Crippen LogP contribution in [0, 0.1) is 13.8 Å². The molecule has 2 rings (SSSR count). The van der Waals surface area contributed by atoms with Crippen LogP contribution in [0.4, 0.5) is 0 Å². The molecule has 0 saturated heterocycles. The van der Waals surface area contributed by atoms with E-state index < -0.39 is 0 Å². The Balaban J connectivity index is 2.30. The van der Waals surface area contributed by atoms with Crippen LogP contribution in [-0.4, -0.2) is 11.5 Å². The zero-order chi connectivity index (χ0) is 15.2. The van der Waals surface area contributed by atoms with Crippen LogP contribution in [0.5, 0.6) is 0 Å². The third-order valence-electron chi connectivity index (χ3n) is 3.75. The SMILES string of the molecule is CCCNC(Cc1ncccc1C)c1cccc(C)c1Br. The van der Waals surface area contributed by atoms with Crippen molar-refractivity contribution in [3.8, 4) is 0 Å². The van der Waals surface area contributed by atoms with Crippen LogP contribution in [0.2, 0.25) is 0 Å². The third-order valence-corrected chi connectivity index (χ3v) is 4.84. The number of benzene rings is 1. The van der Waals surface area contributed by atoms with Gasteiger partial charge in [-0.15, -0.1) is 0 Å². The molecule has 0 fully saturated rings. The lowest BCUT2D eigenvalue weighted by Crippen LogP contribution is -2.25. The lowest BCUT2D eigenvalue weighted by Gasteiger charge is -2.21. The van der Waals surface area contributed by atoms with E-state index in [1.54, 1.807) is 0 Å². The zero-order valence-electron chi connectivity index (χ0n) is 13.0. The summed E-state index contributed by atoms with van der Waals surface area (Å²) in [7, 11) is 0. The number of nitrogens with zero attached hydrogens (tertiary/aromatic N) is 1. The summed E-state index contributed by atoms with van der Waals surface area (Å²) in [5, 5.41) is 3.66. The second-order valence-electron chi connectivity index (χ2n) is 5.46. The number of hydrogen-bond acceptors (Lipinski definition) is 2. The summed E-state index contributed by atoms with van der Waals surface area (Å²) in [6.07, 6.45) is 3.92. The van der Waals surface area contributed by atoms with E-state index in [4.69, 9.17) is 0 Å². The highest BCUT2D eigenvalue weighted by atomic mass is 79.9. The highest BCUT2D eigenvalue weighted by Gasteiger charge is 2.17. The van der Waals surface area contributed by atoms with Gasteiger partial charge in [0.05, 0.1) is 0 Å². The Kier molecular flexibility index (Phi) is 5.95. The molecular weight excluding hydrogens is 324 g/mol. The summed E-state index contributed by atoms with van der Waals surface area (Å²) in [5.74, 6) is 0. The lowest BCUT2D eigenvalue weighted by atomic mass is 9.98. The Morgan fingerprint density at radius 1 is 1.14 bits per heavy atom. The molecule has 0 amide bonds. The Bertz CT molecular complexity index is 596. The minimum absolute atomic E-state index is 0.285. The molecule has 2 nitrogen and oxygen atoms in total. The summed E-state index contributed by atoms with van der Waals surface area (Å²) in [5.41, 5.74) is 5.01. The van der Waals surface area contributed by atoms with Crippen LogP contribution in [0.25, 0.3) is 0 Å². The fourth-order valence-corrected chi connectivity index (χ4v) is 3.02. The molecule has 0 aliphatic rings. The Labute approximate surface area is 136 Å². The molecule has 112 valence electrons. The molecule has 0 aliphatic heterocycles. The summed E-state index contributed by atoms with van der Waals surface area (Å²) < 4.78 is 1.20. The van der Waals surface area contributed by atoms with Gasteiger partial charge >= 0.3 is 0 Å². The van der Waals surface area contributed by atoms with E-state index in [-0.39, 0.29) is 6.04 Å². The second kappa shape index (κ2) is 7.71. The Morgan fingerprint density at radius 2 is 1.90 bits per heavy atom. The first kappa shape index (κ1) is 16.2. The fraction of sp³-hybridized carbons (Fsp3) is 0.389. The molecule has 21 heavy (non-hydrogen) atoms. The van der Waals surface area contributed by atoms with E-state index >= 15 is 0 Å². The molecule has 0 saturated carbocycles. The average Bonchev–Trinajstić information content (AvgIpc) is 2.48. The number of nitrogens with one attached hydrogen (secondary N) is 1. The molecule has 1 aromatic carbocycles. The van der Waals surface area contributed by atoms with Gasteiger partial charge in [0.1, 0.15) is 0 Å². The molecule has 1 atom stereocenters. The van der Waals surface area contributed by atoms with Crippen LogP contribution in [-0.2, 0) is 6.42 Å². The maximum atomic E-state index is 4.55. The highest BCUT2D eigenvalue weighted by Crippen LogP contribution is 2.29. The summed E-state index contributed by atoms with van der Waals surface area (Å²) in [6, 6.07) is 10.9. The predicted molar refractivity (Wildman–Crippen MR) is 92.6 cm³/mol. The molecule has 0 spiro atoms. The Hall–Kier alpha value is -1.19. The van der Waals surface area contributed by atoms with Crippen LogP contribution < -0.4 is 5.32 Å². The van der Waals surface area contributed by atoms with Gasteiger partial charge in [-0.1, -0.05) is 47.1 Å². The van der Waals surface area contributed by atoms with Crippen LogP contribution >= 0.6 is 15.9 Å². The Morgan fingerprint density at radius 3 is 2.62 bits per heavy atom. The molecule has 0 aliphatic carbocycles. The van der Waals surface area contributed by atoms with Crippen molar-refractivity contribution in [2.75, 3.05) is 6.54 Å². The number of aromatic nitrogens is 1. The minimum atomic E-state index is 0.285. The van der Waals surface area contributed by atoms with Crippen molar-refractivity contribution >= 4 is 15.9 Å². The third kappa shape index (κ3) is 4.14. The van der Waals surface area contributed by atoms with E-state index in [0.29, 0.717) is 0 Å². The van der Waals surface area contributed by atoms with Crippen molar-refractivity contribution in [3.63, 3.8) is 0 Å². The van der Waals surface area contributed by atoms with Crippen LogP contribution in [0.1, 0.15) is 41.8 Å². The van der Waals surface area contributed by atoms with Gasteiger partial charge < -0.3 is 5.32 Å². The summed E-state index contributed by atoms with van der Waals surface area (Å²) >= 11 is 3.74. The van der Waals surface area contributed by atoms with Crippen molar-refractivity contribution in [1.82, 2.24) is 10.3 Å². The molecule has 2 aromatic rings. The van der Waals surface area contributed by atoms with Gasteiger partial charge in [-0.3, -0.25) is 4.98 Å². The predicted octanol–water partition coefficient (Wildman–Crippen LogP) is 4.74. The molecule has 0 radical (unpaired) electrons. The number of pyridine rings is 1. The summed E-state index contributed by atoms with van der Waals surface area (Å²) in [4.78, 5) is 4.55. The van der Waals surface area contributed by atoms with E-state index in [1.807, 2.05) is 12.3 Å². The minimum Gasteiger partial charge on any atom is -0.310 e. The largest absolute Gasteiger partial charge is 0.310 e. The zero-order valence-corrected chi connectivity index (χ0v) is 14.6. The quantitative estimate of drug-likeness (QED) is 0.816. The van der Waals surface area contributed by atoms with Crippen molar-refractivity contribution in [1.29, 1.82) is 0 Å². The first-order valence-electron chi connectivity index (χ1n) is 7.52. The highest BCUT2D eigenvalue weighted by molar-refractivity contribution is 9.10. The standard InChI is InChI=1S/C18H23BrN2/c1-4-10-20-17(12-16-13(2)8-6-11-21-16)15-9-5-7-14(3)18(15)19/h5-9,11,17,20H,4,10,12H2,1-3H3. The second-order valence-corrected chi connectivity index (χ2v) is 6.25. The molecule has 1 aromatic heterocycles. The number of halogens is 1.